The van der Waals surface area contributed by atoms with Gasteiger partial charge in [-0.2, -0.15) is 0 Å². The Bertz CT molecular complexity index is 1800. The molecule has 0 bridgehead atoms. The molecule has 1 aliphatic rings. The second kappa shape index (κ2) is 7.69. The van der Waals surface area contributed by atoms with Crippen molar-refractivity contribution in [1.29, 1.82) is 0 Å². The first-order chi connectivity index (χ1) is 17.4. The fourth-order valence-corrected chi connectivity index (χ4v) is 6.36. The molecule has 0 atom stereocenters. The van der Waals surface area contributed by atoms with Crippen molar-refractivity contribution >= 4 is 37.7 Å². The van der Waals surface area contributed by atoms with E-state index in [0.29, 0.717) is 0 Å². The average molecular weight is 528 g/mol. The fourth-order valence-electron chi connectivity index (χ4n) is 6.00. The Morgan fingerprint density at radius 1 is 0.611 bits per heavy atom. The van der Waals surface area contributed by atoms with E-state index in [0.717, 1.165) is 4.47 Å². The lowest BCUT2D eigenvalue weighted by molar-refractivity contribution is 0.661. The van der Waals surface area contributed by atoms with Crippen molar-refractivity contribution in [2.24, 2.45) is 0 Å². The number of benzene rings is 5. The van der Waals surface area contributed by atoms with E-state index in [1.165, 1.54) is 66.4 Å². The summed E-state index contributed by atoms with van der Waals surface area (Å²) in [5.74, 6) is 0. The highest BCUT2D eigenvalue weighted by Gasteiger charge is 2.36. The van der Waals surface area contributed by atoms with Gasteiger partial charge in [-0.05, 0) is 88.8 Å². The van der Waals surface area contributed by atoms with E-state index in [-0.39, 0.29) is 5.41 Å². The second-order valence-corrected chi connectivity index (χ2v) is 11.4. The molecule has 0 fully saturated rings. The zero-order valence-corrected chi connectivity index (χ0v) is 22.2. The summed E-state index contributed by atoms with van der Waals surface area (Å²) in [5.41, 5.74) is 12.9. The molecule has 0 spiro atoms. The summed E-state index contributed by atoms with van der Waals surface area (Å²) in [4.78, 5) is 0. The molecule has 36 heavy (non-hydrogen) atoms. The summed E-state index contributed by atoms with van der Waals surface area (Å²) >= 11 is 3.72. The minimum absolute atomic E-state index is 0.0755. The molecule has 7 rings (SSSR count). The van der Waals surface area contributed by atoms with E-state index in [1.54, 1.807) is 0 Å². The largest absolute Gasteiger partial charge is 0.309 e. The van der Waals surface area contributed by atoms with Crippen LogP contribution in [-0.4, -0.2) is 4.57 Å². The molecule has 0 saturated carbocycles. The van der Waals surface area contributed by atoms with Crippen LogP contribution in [0.1, 0.15) is 30.5 Å². The molecule has 0 amide bonds. The van der Waals surface area contributed by atoms with E-state index < -0.39 is 0 Å². The molecule has 0 N–H and O–H groups in total. The van der Waals surface area contributed by atoms with Crippen molar-refractivity contribution in [2.45, 2.75) is 26.2 Å². The van der Waals surface area contributed by atoms with Gasteiger partial charge >= 0.3 is 0 Å². The molecule has 1 nitrogen and oxygen atoms in total. The predicted molar refractivity (Wildman–Crippen MR) is 156 cm³/mol. The van der Waals surface area contributed by atoms with Crippen LogP contribution in [0.15, 0.2) is 108 Å². The van der Waals surface area contributed by atoms with E-state index in [1.807, 2.05) is 0 Å². The van der Waals surface area contributed by atoms with Crippen LogP contribution < -0.4 is 0 Å². The van der Waals surface area contributed by atoms with Gasteiger partial charge in [-0.1, -0.05) is 89.9 Å². The van der Waals surface area contributed by atoms with Gasteiger partial charge in [0.2, 0.25) is 0 Å². The third-order valence-corrected chi connectivity index (χ3v) is 8.42. The molecule has 6 aromatic rings. The average Bonchev–Trinajstić information content (AvgIpc) is 3.32. The summed E-state index contributed by atoms with van der Waals surface area (Å²) in [7, 11) is 0. The maximum absolute atomic E-state index is 3.72. The third-order valence-electron chi connectivity index (χ3n) is 7.92. The maximum atomic E-state index is 3.72. The molecule has 2 heteroatoms. The normalized spacial score (nSPS) is 13.8. The van der Waals surface area contributed by atoms with Crippen molar-refractivity contribution in [1.82, 2.24) is 4.57 Å². The van der Waals surface area contributed by atoms with Crippen molar-refractivity contribution in [3.8, 4) is 27.9 Å². The Morgan fingerprint density at radius 3 is 2.11 bits per heavy atom. The van der Waals surface area contributed by atoms with Gasteiger partial charge in [0.15, 0.2) is 0 Å². The van der Waals surface area contributed by atoms with Crippen LogP contribution >= 0.6 is 15.9 Å². The van der Waals surface area contributed by atoms with Crippen LogP contribution in [-0.2, 0) is 5.41 Å². The van der Waals surface area contributed by atoms with Gasteiger partial charge in [0.1, 0.15) is 0 Å². The highest BCUT2D eigenvalue weighted by atomic mass is 79.9. The van der Waals surface area contributed by atoms with E-state index in [9.17, 15) is 0 Å². The first-order valence-electron chi connectivity index (χ1n) is 12.5. The first-order valence-corrected chi connectivity index (χ1v) is 13.3. The molecule has 0 aliphatic heterocycles. The molecule has 0 unspecified atom stereocenters. The fraction of sp³-hybridized carbons (Fsp3) is 0.118. The summed E-state index contributed by atoms with van der Waals surface area (Å²) in [6.45, 7) is 6.88. The number of fused-ring (bicyclic) bond motifs is 6. The molecule has 0 radical (unpaired) electrons. The van der Waals surface area contributed by atoms with E-state index >= 15 is 0 Å². The molecule has 1 aliphatic carbocycles. The quantitative estimate of drug-likeness (QED) is 0.211. The Balaban J connectivity index is 1.53. The molecule has 5 aromatic carbocycles. The van der Waals surface area contributed by atoms with Crippen LogP contribution in [0, 0.1) is 6.92 Å². The Hall–Kier alpha value is -3.62. The number of aromatic nitrogens is 1. The third kappa shape index (κ3) is 3.07. The lowest BCUT2D eigenvalue weighted by atomic mass is 9.81. The summed E-state index contributed by atoms with van der Waals surface area (Å²) in [6.07, 6.45) is 0. The van der Waals surface area contributed by atoms with Crippen molar-refractivity contribution < 1.29 is 0 Å². The monoisotopic (exact) mass is 527 g/mol. The topological polar surface area (TPSA) is 4.93 Å². The summed E-state index contributed by atoms with van der Waals surface area (Å²) < 4.78 is 3.52. The number of hydrogen-bond acceptors (Lipinski definition) is 0. The molecular weight excluding hydrogens is 502 g/mol. The number of rotatable bonds is 2. The zero-order chi connectivity index (χ0) is 24.6. The Labute approximate surface area is 220 Å². The smallest absolute Gasteiger partial charge is 0.0547 e. The highest BCUT2D eigenvalue weighted by molar-refractivity contribution is 9.10. The van der Waals surface area contributed by atoms with Crippen LogP contribution in [0.3, 0.4) is 0 Å². The second-order valence-electron chi connectivity index (χ2n) is 10.5. The van der Waals surface area contributed by atoms with Crippen LogP contribution in [0.2, 0.25) is 0 Å². The summed E-state index contributed by atoms with van der Waals surface area (Å²) in [5, 5.41) is 2.58. The minimum Gasteiger partial charge on any atom is -0.309 e. The van der Waals surface area contributed by atoms with Gasteiger partial charge < -0.3 is 4.57 Å². The lowest BCUT2D eigenvalue weighted by Crippen LogP contribution is -2.15. The lowest BCUT2D eigenvalue weighted by Gasteiger charge is -2.22. The number of hydrogen-bond donors (Lipinski definition) is 0. The van der Waals surface area contributed by atoms with Crippen LogP contribution in [0.4, 0.5) is 0 Å². The minimum atomic E-state index is -0.0755. The van der Waals surface area contributed by atoms with Gasteiger partial charge in [-0.3, -0.25) is 0 Å². The van der Waals surface area contributed by atoms with Gasteiger partial charge in [-0.15, -0.1) is 0 Å². The Kier molecular flexibility index (Phi) is 4.62. The van der Waals surface area contributed by atoms with Crippen molar-refractivity contribution in [2.75, 3.05) is 0 Å². The molecule has 174 valence electrons. The van der Waals surface area contributed by atoms with Gasteiger partial charge in [0.05, 0.1) is 11.0 Å². The first kappa shape index (κ1) is 21.6. The van der Waals surface area contributed by atoms with Crippen LogP contribution in [0.25, 0.3) is 49.7 Å². The van der Waals surface area contributed by atoms with Gasteiger partial charge in [-0.25, -0.2) is 0 Å². The van der Waals surface area contributed by atoms with Gasteiger partial charge in [0, 0.05) is 26.3 Å². The summed E-state index contributed by atoms with van der Waals surface area (Å²) in [6, 6.07) is 38.1. The van der Waals surface area contributed by atoms with E-state index in [4.69, 9.17) is 0 Å². The molecule has 0 saturated heterocycles. The number of halogens is 1. The number of nitrogens with zero attached hydrogens (tertiary/aromatic N) is 1. The predicted octanol–water partition coefficient (Wildman–Crippen LogP) is 9.83. The highest BCUT2D eigenvalue weighted by Crippen LogP contribution is 2.52. The van der Waals surface area contributed by atoms with Crippen LogP contribution in [0.5, 0.6) is 0 Å². The molecule has 1 aromatic heterocycles. The van der Waals surface area contributed by atoms with Crippen molar-refractivity contribution in [3.63, 3.8) is 0 Å². The molecular formula is C34H26BrN. The number of aryl methyl sites for hydroxylation is 1. The SMILES string of the molecule is Cc1ccc(-n2c3ccc(Br)cc3c3cc4c(cc32)-c2ccc(-c3ccccc3)cc2C4(C)C)cc1. The Morgan fingerprint density at radius 2 is 1.33 bits per heavy atom. The standard InChI is InChI=1S/C34H26BrN/c1-21-9-13-25(14-10-21)36-32-16-12-24(35)18-28(32)29-19-31-27(20-33(29)36)26-15-11-23(17-30(26)34(31,2)3)22-7-5-4-6-8-22/h4-20H,1-3H3. The maximum Gasteiger partial charge on any atom is 0.0547 e. The van der Waals surface area contributed by atoms with E-state index in [2.05, 4.69) is 144 Å². The molecule has 1 heterocycles. The zero-order valence-electron chi connectivity index (χ0n) is 20.6. The van der Waals surface area contributed by atoms with Crippen molar-refractivity contribution in [3.05, 3.63) is 124 Å². The van der Waals surface area contributed by atoms with Gasteiger partial charge in [0.25, 0.3) is 0 Å².